The molecule has 0 atom stereocenters. The summed E-state index contributed by atoms with van der Waals surface area (Å²) in [5.41, 5.74) is 1.10. The number of hydrogen-bond donors (Lipinski definition) is 0. The number of carbonyl (C=O) groups is 2. The van der Waals surface area contributed by atoms with Crippen molar-refractivity contribution in [2.24, 2.45) is 0 Å². The van der Waals surface area contributed by atoms with Crippen LogP contribution < -0.4 is 0 Å². The van der Waals surface area contributed by atoms with Gasteiger partial charge in [-0.1, -0.05) is 24.8 Å². The van der Waals surface area contributed by atoms with Gasteiger partial charge in [0, 0.05) is 57.0 Å². The molecule has 2 fully saturated rings. The summed E-state index contributed by atoms with van der Waals surface area (Å²) in [6, 6.07) is 10.6. The summed E-state index contributed by atoms with van der Waals surface area (Å²) in [5, 5.41) is 1.16. The van der Waals surface area contributed by atoms with Gasteiger partial charge in [-0.2, -0.15) is 0 Å². The van der Waals surface area contributed by atoms with Crippen molar-refractivity contribution in [1.82, 2.24) is 19.3 Å². The topological polar surface area (TPSA) is 48.8 Å². The second-order valence-corrected chi connectivity index (χ2v) is 7.02. The Hall–Kier alpha value is -2.60. The van der Waals surface area contributed by atoms with Gasteiger partial charge in [0.2, 0.25) is 11.8 Å². The van der Waals surface area contributed by atoms with E-state index in [1.165, 1.54) is 6.08 Å². The monoisotopic (exact) mass is 352 g/mol. The van der Waals surface area contributed by atoms with E-state index in [9.17, 15) is 9.59 Å². The highest BCUT2D eigenvalue weighted by molar-refractivity contribution is 5.87. The molecule has 1 aromatic heterocycles. The number of hydrogen-bond acceptors (Lipinski definition) is 3. The summed E-state index contributed by atoms with van der Waals surface area (Å²) in [5.74, 6) is 0.178. The Morgan fingerprint density at radius 1 is 1.04 bits per heavy atom. The van der Waals surface area contributed by atoms with E-state index in [0.717, 1.165) is 50.2 Å². The predicted octanol–water partition coefficient (Wildman–Crippen LogP) is 1.18. The van der Waals surface area contributed by atoms with Crippen LogP contribution in [0.25, 0.3) is 10.9 Å². The van der Waals surface area contributed by atoms with Crippen LogP contribution in [0.1, 0.15) is 0 Å². The second-order valence-electron chi connectivity index (χ2n) is 7.02. The van der Waals surface area contributed by atoms with Crippen molar-refractivity contribution < 1.29 is 9.59 Å². The van der Waals surface area contributed by atoms with Crippen LogP contribution in [0.2, 0.25) is 0 Å². The molecule has 2 aromatic rings. The Bertz CT molecular complexity index is 829. The van der Waals surface area contributed by atoms with Crippen molar-refractivity contribution in [3.05, 3.63) is 49.2 Å². The zero-order chi connectivity index (χ0) is 18.1. The fourth-order valence-corrected chi connectivity index (χ4v) is 3.86. The maximum Gasteiger partial charge on any atom is 0.246 e. The van der Waals surface area contributed by atoms with E-state index in [1.807, 2.05) is 44.8 Å². The van der Waals surface area contributed by atoms with Crippen LogP contribution in [0.3, 0.4) is 0 Å². The molecule has 26 heavy (non-hydrogen) atoms. The molecule has 136 valence electrons. The van der Waals surface area contributed by atoms with Gasteiger partial charge < -0.3 is 14.4 Å². The lowest BCUT2D eigenvalue weighted by Crippen LogP contribution is -2.64. The van der Waals surface area contributed by atoms with E-state index in [1.54, 1.807) is 0 Å². The molecule has 4 rings (SSSR count). The van der Waals surface area contributed by atoms with E-state index in [0.29, 0.717) is 12.6 Å². The van der Waals surface area contributed by atoms with Gasteiger partial charge in [-0.25, -0.2) is 0 Å². The van der Waals surface area contributed by atoms with Crippen LogP contribution in [0.15, 0.2) is 49.2 Å². The highest BCUT2D eigenvalue weighted by Crippen LogP contribution is 2.18. The molecule has 0 N–H and O–H groups in total. The van der Waals surface area contributed by atoms with Crippen LogP contribution in [0.4, 0.5) is 0 Å². The molecule has 6 heteroatoms. The average Bonchev–Trinajstić information content (AvgIpc) is 3.04. The largest absolute Gasteiger partial charge is 0.339 e. The molecule has 3 heterocycles. The minimum Gasteiger partial charge on any atom is -0.339 e. The van der Waals surface area contributed by atoms with Crippen molar-refractivity contribution >= 4 is 22.7 Å². The van der Waals surface area contributed by atoms with Crippen LogP contribution in [0.5, 0.6) is 0 Å². The first-order valence-corrected chi connectivity index (χ1v) is 9.13. The van der Waals surface area contributed by atoms with Gasteiger partial charge >= 0.3 is 0 Å². The summed E-state index contributed by atoms with van der Waals surface area (Å²) >= 11 is 0. The second kappa shape index (κ2) is 6.96. The maximum absolute atomic E-state index is 12.7. The molecule has 0 bridgehead atoms. The van der Waals surface area contributed by atoms with Crippen molar-refractivity contribution in [3.8, 4) is 0 Å². The number of rotatable bonds is 4. The Kier molecular flexibility index (Phi) is 4.51. The zero-order valence-corrected chi connectivity index (χ0v) is 14.9. The normalized spacial score (nSPS) is 18.8. The molecule has 2 aliphatic rings. The summed E-state index contributed by atoms with van der Waals surface area (Å²) in [6.45, 7) is 8.72. The smallest absolute Gasteiger partial charge is 0.246 e. The minimum absolute atomic E-state index is 0.00835. The molecule has 0 spiro atoms. The number of fused-ring (bicyclic) bond motifs is 1. The average molecular weight is 352 g/mol. The Balaban J connectivity index is 1.29. The first-order chi connectivity index (χ1) is 12.7. The molecule has 2 amide bonds. The van der Waals surface area contributed by atoms with E-state index < -0.39 is 0 Å². The molecule has 6 nitrogen and oxygen atoms in total. The molecule has 1 aromatic carbocycles. The number of likely N-dealkylation sites (tertiary alicyclic amines) is 1. The Morgan fingerprint density at radius 3 is 2.50 bits per heavy atom. The molecule has 0 aliphatic carbocycles. The SMILES string of the molecule is C=CC(=O)N1CC(N2CCN(C(=O)Cn3ccc4ccccc43)CC2)C1. The van der Waals surface area contributed by atoms with Gasteiger partial charge in [0.05, 0.1) is 0 Å². The van der Waals surface area contributed by atoms with Gasteiger partial charge in [0.25, 0.3) is 0 Å². The first-order valence-electron chi connectivity index (χ1n) is 9.13. The van der Waals surface area contributed by atoms with Crippen molar-refractivity contribution in [3.63, 3.8) is 0 Å². The molecule has 0 radical (unpaired) electrons. The van der Waals surface area contributed by atoms with Crippen LogP contribution in [-0.4, -0.2) is 76.4 Å². The zero-order valence-electron chi connectivity index (χ0n) is 14.9. The predicted molar refractivity (Wildman–Crippen MR) is 101 cm³/mol. The van der Waals surface area contributed by atoms with Crippen LogP contribution >= 0.6 is 0 Å². The Morgan fingerprint density at radius 2 is 1.77 bits per heavy atom. The van der Waals surface area contributed by atoms with Gasteiger partial charge in [0.15, 0.2) is 0 Å². The molecule has 2 saturated heterocycles. The summed E-state index contributed by atoms with van der Waals surface area (Å²) in [4.78, 5) is 30.4. The van der Waals surface area contributed by atoms with Crippen LogP contribution in [0, 0.1) is 0 Å². The molecule has 2 aliphatic heterocycles. The lowest BCUT2D eigenvalue weighted by Gasteiger charge is -2.47. The summed E-state index contributed by atoms with van der Waals surface area (Å²) < 4.78 is 2.02. The van der Waals surface area contributed by atoms with E-state index in [-0.39, 0.29) is 11.8 Å². The number of carbonyl (C=O) groups excluding carboxylic acids is 2. The number of para-hydroxylation sites is 1. The number of piperazine rings is 1. The lowest BCUT2D eigenvalue weighted by molar-refractivity contribution is -0.136. The number of benzene rings is 1. The number of amides is 2. The van der Waals surface area contributed by atoms with E-state index in [4.69, 9.17) is 0 Å². The third kappa shape index (κ3) is 3.12. The van der Waals surface area contributed by atoms with Crippen molar-refractivity contribution in [2.75, 3.05) is 39.3 Å². The van der Waals surface area contributed by atoms with E-state index >= 15 is 0 Å². The number of nitrogens with zero attached hydrogens (tertiary/aromatic N) is 4. The highest BCUT2D eigenvalue weighted by Gasteiger charge is 2.35. The van der Waals surface area contributed by atoms with Crippen molar-refractivity contribution in [2.45, 2.75) is 12.6 Å². The third-order valence-corrected chi connectivity index (χ3v) is 5.52. The van der Waals surface area contributed by atoms with Gasteiger partial charge in [-0.15, -0.1) is 0 Å². The quantitative estimate of drug-likeness (QED) is 0.777. The summed E-state index contributed by atoms with van der Waals surface area (Å²) in [7, 11) is 0. The van der Waals surface area contributed by atoms with Gasteiger partial charge in [0.1, 0.15) is 6.54 Å². The summed E-state index contributed by atoms with van der Waals surface area (Å²) in [6.07, 6.45) is 3.36. The molecular formula is C20H24N4O2. The van der Waals surface area contributed by atoms with Crippen molar-refractivity contribution in [1.29, 1.82) is 0 Å². The molecular weight excluding hydrogens is 328 g/mol. The third-order valence-electron chi connectivity index (χ3n) is 5.52. The van der Waals surface area contributed by atoms with Gasteiger partial charge in [-0.3, -0.25) is 14.5 Å². The highest BCUT2D eigenvalue weighted by atomic mass is 16.2. The number of aromatic nitrogens is 1. The van der Waals surface area contributed by atoms with Gasteiger partial charge in [-0.05, 0) is 23.6 Å². The fraction of sp³-hybridized carbons (Fsp3) is 0.400. The maximum atomic E-state index is 12.7. The fourth-order valence-electron chi connectivity index (χ4n) is 3.86. The van der Waals surface area contributed by atoms with Crippen LogP contribution in [-0.2, 0) is 16.1 Å². The molecule has 0 unspecified atom stereocenters. The lowest BCUT2D eigenvalue weighted by atomic mass is 10.1. The minimum atomic E-state index is 0.00835. The molecule has 0 saturated carbocycles. The standard InChI is InChI=1S/C20H24N4O2/c1-2-19(25)24-13-17(14-24)21-9-11-22(12-10-21)20(26)15-23-8-7-16-5-3-4-6-18(16)23/h2-8,17H,1,9-15H2. The van der Waals surface area contributed by atoms with E-state index in [2.05, 4.69) is 17.5 Å². The Labute approximate surface area is 153 Å². The first kappa shape index (κ1) is 16.8.